The Balaban J connectivity index is 1.26. The molecular formula is C35H32ClF3N10O5. The number of halogens is 4. The lowest BCUT2D eigenvalue weighted by atomic mass is 10.1. The maximum absolute atomic E-state index is 14.3. The average molecular weight is 765 g/mol. The summed E-state index contributed by atoms with van der Waals surface area (Å²) in [7, 11) is 1.69. The van der Waals surface area contributed by atoms with Crippen LogP contribution in [0.15, 0.2) is 47.5 Å². The number of benzene rings is 2. The molecule has 5 heterocycles. The van der Waals surface area contributed by atoms with Crippen molar-refractivity contribution < 1.29 is 32.7 Å². The molecule has 19 heteroatoms. The van der Waals surface area contributed by atoms with Gasteiger partial charge in [-0.25, -0.2) is 9.97 Å². The molecule has 3 amide bonds. The molecule has 3 aromatic heterocycles. The minimum Gasteiger partial charge on any atom is -0.504 e. The van der Waals surface area contributed by atoms with Gasteiger partial charge >= 0.3 is 6.18 Å². The first-order valence-corrected chi connectivity index (χ1v) is 17.2. The molecule has 280 valence electrons. The molecule has 15 nitrogen and oxygen atoms in total. The van der Waals surface area contributed by atoms with Gasteiger partial charge in [0.25, 0.3) is 17.4 Å². The lowest BCUT2D eigenvalue weighted by Crippen LogP contribution is -2.51. The number of aromatic hydroxyl groups is 1. The molecule has 0 bridgehead atoms. The van der Waals surface area contributed by atoms with E-state index in [0.717, 1.165) is 22.2 Å². The van der Waals surface area contributed by atoms with Gasteiger partial charge in [0, 0.05) is 50.9 Å². The minimum atomic E-state index is -4.63. The Morgan fingerprint density at radius 2 is 1.78 bits per heavy atom. The number of amides is 3. The third-order valence-corrected chi connectivity index (χ3v) is 9.78. The van der Waals surface area contributed by atoms with Gasteiger partial charge in [-0.15, -0.1) is 5.10 Å². The van der Waals surface area contributed by atoms with Gasteiger partial charge in [0.05, 0.1) is 27.7 Å². The van der Waals surface area contributed by atoms with E-state index in [4.69, 9.17) is 11.6 Å². The van der Waals surface area contributed by atoms with Crippen LogP contribution in [0.2, 0.25) is 5.02 Å². The molecule has 2 aliphatic heterocycles. The van der Waals surface area contributed by atoms with Crippen LogP contribution in [-0.4, -0.2) is 95.0 Å². The third-order valence-electron chi connectivity index (χ3n) is 9.47. The summed E-state index contributed by atoms with van der Waals surface area (Å²) in [6, 6.07) is 7.70. The second kappa shape index (κ2) is 13.7. The zero-order valence-electron chi connectivity index (χ0n) is 29.1. The topological polar surface area (TPSA) is 171 Å². The first-order valence-electron chi connectivity index (χ1n) is 16.8. The molecular weight excluding hydrogens is 733 g/mol. The molecule has 0 unspecified atom stereocenters. The summed E-state index contributed by atoms with van der Waals surface area (Å²) in [6.45, 7) is 4.03. The van der Waals surface area contributed by atoms with E-state index in [1.807, 2.05) is 0 Å². The molecule has 2 N–H and O–H groups in total. The Morgan fingerprint density at radius 1 is 1.04 bits per heavy atom. The predicted molar refractivity (Wildman–Crippen MR) is 189 cm³/mol. The van der Waals surface area contributed by atoms with Crippen LogP contribution >= 0.6 is 11.6 Å². The molecule has 7 rings (SSSR count). The standard InChI is InChI=1S/C35H32ClF3N10O5/c1-4-25-28(46-9-11-47(12-10-46)32(53)27-29(51)18(2)40-17-41-27)33(54)49-34(43-30(44-49)19-5-7-22-20(13-19)15-45(3)31(22)52)48(25)16-26(50)42-24-8-6-21(14-23(24)36)35(37,38)39/h5-8,13-14,17,51H,4,9-12,15-16H2,1-3H3,(H,42,50). The Hall–Kier alpha value is -6.04. The van der Waals surface area contributed by atoms with Crippen LogP contribution in [0.5, 0.6) is 5.75 Å². The molecule has 1 fully saturated rings. The zero-order valence-corrected chi connectivity index (χ0v) is 29.9. The van der Waals surface area contributed by atoms with Gasteiger partial charge in [0.2, 0.25) is 11.7 Å². The fourth-order valence-corrected chi connectivity index (χ4v) is 6.92. The highest BCUT2D eigenvalue weighted by Crippen LogP contribution is 2.34. The monoisotopic (exact) mass is 764 g/mol. The molecule has 5 aromatic rings. The van der Waals surface area contributed by atoms with Crippen LogP contribution in [0.25, 0.3) is 17.2 Å². The molecule has 0 saturated carbocycles. The largest absolute Gasteiger partial charge is 0.504 e. The maximum atomic E-state index is 14.3. The van der Waals surface area contributed by atoms with E-state index in [0.29, 0.717) is 29.4 Å². The maximum Gasteiger partial charge on any atom is 0.416 e. The van der Waals surface area contributed by atoms with Crippen LogP contribution in [0, 0.1) is 6.92 Å². The second-order valence-electron chi connectivity index (χ2n) is 12.9. The van der Waals surface area contributed by atoms with Crippen molar-refractivity contribution in [2.24, 2.45) is 0 Å². The molecule has 1 saturated heterocycles. The summed E-state index contributed by atoms with van der Waals surface area (Å²) in [4.78, 5) is 71.1. The van der Waals surface area contributed by atoms with Crippen LogP contribution in [0.3, 0.4) is 0 Å². The third kappa shape index (κ3) is 6.46. The molecule has 0 aliphatic carbocycles. The van der Waals surface area contributed by atoms with Gasteiger partial charge in [-0.1, -0.05) is 24.6 Å². The Morgan fingerprint density at radius 3 is 2.46 bits per heavy atom. The van der Waals surface area contributed by atoms with Crippen LogP contribution in [-0.2, 0) is 30.5 Å². The van der Waals surface area contributed by atoms with Crippen molar-refractivity contribution in [3.8, 4) is 17.1 Å². The number of carbonyl (C=O) groups excluding carboxylic acids is 3. The van der Waals surface area contributed by atoms with Crippen molar-refractivity contribution in [1.82, 2.24) is 38.9 Å². The SMILES string of the molecule is CCc1c(N2CCN(C(=O)c3ncnc(C)c3O)CC2)c(=O)n2nc(-c3ccc4c(c3)CN(C)C4=O)nc2n1CC(=O)Nc1ccc(C(F)(F)F)cc1Cl. The summed E-state index contributed by atoms with van der Waals surface area (Å²) in [5, 5.41) is 17.2. The number of aryl methyl sites for hydroxylation is 1. The normalized spacial score (nSPS) is 14.6. The molecule has 0 atom stereocenters. The number of anilines is 2. The Kier molecular flexibility index (Phi) is 9.24. The fraction of sp³-hybridized carbons (Fsp3) is 0.314. The number of carbonyl (C=O) groups is 3. The van der Waals surface area contributed by atoms with Crippen molar-refractivity contribution in [3.63, 3.8) is 0 Å². The number of alkyl halides is 3. The van der Waals surface area contributed by atoms with Crippen LogP contribution in [0.1, 0.15) is 50.3 Å². The minimum absolute atomic E-state index is 0.0291. The first-order chi connectivity index (χ1) is 25.7. The lowest BCUT2D eigenvalue weighted by molar-refractivity contribution is -0.137. The quantitative estimate of drug-likeness (QED) is 0.249. The summed E-state index contributed by atoms with van der Waals surface area (Å²) in [5.74, 6) is -1.41. The van der Waals surface area contributed by atoms with Gasteiger partial charge in [-0.3, -0.25) is 19.2 Å². The number of nitrogens with one attached hydrogen (secondary N) is 1. The second-order valence-corrected chi connectivity index (χ2v) is 13.3. The number of aromatic nitrogens is 6. The molecule has 2 aliphatic rings. The summed E-state index contributed by atoms with van der Waals surface area (Å²) in [6.07, 6.45) is -3.19. The van der Waals surface area contributed by atoms with Crippen molar-refractivity contribution in [2.75, 3.05) is 43.4 Å². The van der Waals surface area contributed by atoms with Gasteiger partial charge in [-0.2, -0.15) is 22.7 Å². The highest BCUT2D eigenvalue weighted by molar-refractivity contribution is 6.33. The fourth-order valence-electron chi connectivity index (χ4n) is 6.69. The van der Waals surface area contributed by atoms with Crippen molar-refractivity contribution in [2.45, 2.75) is 39.5 Å². The summed E-state index contributed by atoms with van der Waals surface area (Å²) >= 11 is 6.13. The van der Waals surface area contributed by atoms with E-state index in [9.17, 15) is 37.5 Å². The summed E-state index contributed by atoms with van der Waals surface area (Å²) in [5.41, 5.74) is 1.05. The number of fused-ring (bicyclic) bond motifs is 2. The Labute approximate surface area is 309 Å². The number of piperazine rings is 1. The molecule has 0 radical (unpaired) electrons. The van der Waals surface area contributed by atoms with E-state index in [2.05, 4.69) is 25.4 Å². The lowest BCUT2D eigenvalue weighted by Gasteiger charge is -2.36. The number of nitrogens with zero attached hydrogens (tertiary/aromatic N) is 9. The first kappa shape index (κ1) is 36.3. The van der Waals surface area contributed by atoms with Gasteiger partial charge in [-0.05, 0) is 49.2 Å². The van der Waals surface area contributed by atoms with Crippen LogP contribution in [0.4, 0.5) is 24.5 Å². The van der Waals surface area contributed by atoms with E-state index in [-0.39, 0.29) is 83.6 Å². The Bertz CT molecular complexity index is 2420. The average Bonchev–Trinajstić information content (AvgIpc) is 3.71. The van der Waals surface area contributed by atoms with E-state index >= 15 is 0 Å². The highest BCUT2D eigenvalue weighted by atomic mass is 35.5. The molecule has 0 spiro atoms. The summed E-state index contributed by atoms with van der Waals surface area (Å²) < 4.78 is 42.4. The van der Waals surface area contributed by atoms with Gasteiger partial charge < -0.3 is 29.7 Å². The number of hydrogen-bond acceptors (Lipinski definition) is 10. The van der Waals surface area contributed by atoms with Crippen molar-refractivity contribution in [1.29, 1.82) is 0 Å². The smallest absolute Gasteiger partial charge is 0.416 e. The molecule has 54 heavy (non-hydrogen) atoms. The van der Waals surface area contributed by atoms with E-state index < -0.39 is 35.7 Å². The van der Waals surface area contributed by atoms with Crippen molar-refractivity contribution in [3.05, 3.63) is 91.9 Å². The highest BCUT2D eigenvalue weighted by Gasteiger charge is 2.33. The van der Waals surface area contributed by atoms with Crippen molar-refractivity contribution >= 4 is 46.5 Å². The van der Waals surface area contributed by atoms with Crippen LogP contribution < -0.4 is 15.8 Å². The van der Waals surface area contributed by atoms with E-state index in [1.54, 1.807) is 48.9 Å². The number of hydrogen-bond donors (Lipinski definition) is 2. The predicted octanol–water partition coefficient (Wildman–Crippen LogP) is 3.78. The zero-order chi connectivity index (χ0) is 38.6. The van der Waals surface area contributed by atoms with Gasteiger partial charge in [0.1, 0.15) is 18.6 Å². The molecule has 2 aromatic carbocycles. The number of rotatable bonds is 7. The van der Waals surface area contributed by atoms with Gasteiger partial charge in [0.15, 0.2) is 17.3 Å². The van der Waals surface area contributed by atoms with E-state index in [1.165, 1.54) is 15.8 Å².